The Kier molecular flexibility index (Phi) is 2.93. The maximum atomic E-state index is 5.22. The molecule has 1 rings (SSSR count). The molecule has 0 atom stereocenters. The Labute approximate surface area is 67.1 Å². The minimum atomic E-state index is 0.343. The second-order valence-electron chi connectivity index (χ2n) is 2.69. The summed E-state index contributed by atoms with van der Waals surface area (Å²) in [5, 5.41) is 0. The van der Waals surface area contributed by atoms with Crippen molar-refractivity contribution >= 4 is 0 Å². The predicted molar refractivity (Wildman–Crippen MR) is 45.3 cm³/mol. The van der Waals surface area contributed by atoms with E-state index in [0.29, 0.717) is 6.04 Å². The van der Waals surface area contributed by atoms with Gasteiger partial charge >= 0.3 is 0 Å². The largest absolute Gasteiger partial charge is 0.409 e. The summed E-state index contributed by atoms with van der Waals surface area (Å²) in [6.45, 7) is 4.06. The van der Waals surface area contributed by atoms with E-state index in [1.54, 1.807) is 0 Å². The molecule has 0 aliphatic carbocycles. The van der Waals surface area contributed by atoms with Gasteiger partial charge in [0.2, 0.25) is 0 Å². The first kappa shape index (κ1) is 8.08. The third-order valence-electron chi connectivity index (χ3n) is 1.16. The summed E-state index contributed by atoms with van der Waals surface area (Å²) in [6.07, 6.45) is 0. The van der Waals surface area contributed by atoms with E-state index in [9.17, 15) is 0 Å². The summed E-state index contributed by atoms with van der Waals surface area (Å²) < 4.78 is 0. The minimum absolute atomic E-state index is 0.343. The second-order valence-corrected chi connectivity index (χ2v) is 2.69. The molecule has 2 heteroatoms. The van der Waals surface area contributed by atoms with Gasteiger partial charge in [0.25, 0.3) is 0 Å². The van der Waals surface area contributed by atoms with Crippen LogP contribution >= 0.6 is 0 Å². The number of hydrogen-bond acceptors (Lipinski definition) is 2. The van der Waals surface area contributed by atoms with Crippen LogP contribution in [0.3, 0.4) is 0 Å². The van der Waals surface area contributed by atoms with Gasteiger partial charge in [-0.25, -0.2) is 0 Å². The zero-order valence-electron chi connectivity index (χ0n) is 6.87. The first-order chi connectivity index (χ1) is 5.29. The number of hydroxylamine groups is 1. The molecule has 0 aliphatic rings. The monoisotopic (exact) mass is 151 g/mol. The smallest absolute Gasteiger partial charge is 0.147 e. The highest BCUT2D eigenvalue weighted by molar-refractivity contribution is 5.20. The van der Waals surface area contributed by atoms with Crippen LogP contribution in [0.1, 0.15) is 13.8 Å². The summed E-state index contributed by atoms with van der Waals surface area (Å²) in [5.41, 5.74) is 2.86. The highest BCUT2D eigenvalue weighted by Gasteiger charge is 1.92. The number of para-hydroxylation sites is 1. The summed E-state index contributed by atoms with van der Waals surface area (Å²) in [5.74, 6) is 0.848. The summed E-state index contributed by atoms with van der Waals surface area (Å²) in [6, 6.07) is 10.0. The quantitative estimate of drug-likeness (QED) is 0.667. The van der Waals surface area contributed by atoms with Crippen molar-refractivity contribution in [2.75, 3.05) is 0 Å². The fourth-order valence-corrected chi connectivity index (χ4v) is 0.674. The van der Waals surface area contributed by atoms with Crippen LogP contribution in [0.2, 0.25) is 0 Å². The zero-order valence-corrected chi connectivity index (χ0v) is 6.87. The van der Waals surface area contributed by atoms with E-state index in [2.05, 4.69) is 5.48 Å². The van der Waals surface area contributed by atoms with Gasteiger partial charge in [0, 0.05) is 6.04 Å². The van der Waals surface area contributed by atoms with Crippen LogP contribution in [-0.4, -0.2) is 6.04 Å². The van der Waals surface area contributed by atoms with Gasteiger partial charge in [-0.2, -0.15) is 5.48 Å². The van der Waals surface area contributed by atoms with E-state index in [-0.39, 0.29) is 0 Å². The van der Waals surface area contributed by atoms with E-state index in [1.807, 2.05) is 44.2 Å². The molecule has 0 fully saturated rings. The molecule has 11 heavy (non-hydrogen) atoms. The van der Waals surface area contributed by atoms with Crippen molar-refractivity contribution in [2.24, 2.45) is 0 Å². The first-order valence-corrected chi connectivity index (χ1v) is 3.76. The maximum absolute atomic E-state index is 5.22. The van der Waals surface area contributed by atoms with Crippen molar-refractivity contribution in [3.63, 3.8) is 0 Å². The van der Waals surface area contributed by atoms with Crippen LogP contribution in [0.25, 0.3) is 0 Å². The zero-order chi connectivity index (χ0) is 8.10. The van der Waals surface area contributed by atoms with Gasteiger partial charge in [-0.05, 0) is 26.0 Å². The molecule has 1 N–H and O–H groups in total. The van der Waals surface area contributed by atoms with E-state index >= 15 is 0 Å². The number of benzene rings is 1. The molecule has 2 nitrogen and oxygen atoms in total. The average Bonchev–Trinajstić information content (AvgIpc) is 2.03. The van der Waals surface area contributed by atoms with Crippen LogP contribution in [-0.2, 0) is 0 Å². The van der Waals surface area contributed by atoms with Crippen molar-refractivity contribution < 1.29 is 4.84 Å². The van der Waals surface area contributed by atoms with E-state index in [0.717, 1.165) is 5.75 Å². The van der Waals surface area contributed by atoms with Crippen molar-refractivity contribution in [3.8, 4) is 5.75 Å². The number of nitrogens with one attached hydrogen (secondary N) is 1. The van der Waals surface area contributed by atoms with E-state index in [4.69, 9.17) is 4.84 Å². The molecule has 0 saturated carbocycles. The normalized spacial score (nSPS) is 10.1. The van der Waals surface area contributed by atoms with E-state index < -0.39 is 0 Å². The molecule has 0 saturated heterocycles. The lowest BCUT2D eigenvalue weighted by molar-refractivity contribution is 0.169. The van der Waals surface area contributed by atoms with Crippen LogP contribution < -0.4 is 10.3 Å². The van der Waals surface area contributed by atoms with E-state index in [1.165, 1.54) is 0 Å². The third-order valence-corrected chi connectivity index (χ3v) is 1.16. The van der Waals surface area contributed by atoms with Gasteiger partial charge in [0.1, 0.15) is 5.75 Å². The molecule has 0 bridgehead atoms. The predicted octanol–water partition coefficient (Wildman–Crippen LogP) is 1.98. The van der Waals surface area contributed by atoms with Gasteiger partial charge in [-0.1, -0.05) is 18.2 Å². The fraction of sp³-hybridized carbons (Fsp3) is 0.333. The standard InChI is InChI=1S/C9H13NO/c1-8(2)10-11-9-6-4-3-5-7-9/h3-8,10H,1-2H3. The first-order valence-electron chi connectivity index (χ1n) is 3.76. The lowest BCUT2D eigenvalue weighted by Gasteiger charge is -2.08. The van der Waals surface area contributed by atoms with Gasteiger partial charge < -0.3 is 4.84 Å². The molecule has 0 aliphatic heterocycles. The number of rotatable bonds is 3. The van der Waals surface area contributed by atoms with Crippen molar-refractivity contribution in [2.45, 2.75) is 19.9 Å². The molecule has 1 aromatic carbocycles. The van der Waals surface area contributed by atoms with Gasteiger partial charge in [-0.15, -0.1) is 0 Å². The Balaban J connectivity index is 2.39. The minimum Gasteiger partial charge on any atom is -0.409 e. The second kappa shape index (κ2) is 3.98. The summed E-state index contributed by atoms with van der Waals surface area (Å²) >= 11 is 0. The Morgan fingerprint density at radius 3 is 2.36 bits per heavy atom. The topological polar surface area (TPSA) is 21.3 Å². The molecule has 1 aromatic rings. The van der Waals surface area contributed by atoms with Crippen LogP contribution in [0, 0.1) is 0 Å². The van der Waals surface area contributed by atoms with Crippen LogP contribution in [0.15, 0.2) is 30.3 Å². The maximum Gasteiger partial charge on any atom is 0.147 e. The summed E-state index contributed by atoms with van der Waals surface area (Å²) in [7, 11) is 0. The highest BCUT2D eigenvalue weighted by Crippen LogP contribution is 2.06. The molecule has 0 heterocycles. The Hall–Kier alpha value is -1.02. The van der Waals surface area contributed by atoms with Crippen molar-refractivity contribution in [1.82, 2.24) is 5.48 Å². The molecule has 60 valence electrons. The molecular formula is C9H13NO. The van der Waals surface area contributed by atoms with Crippen LogP contribution in [0.5, 0.6) is 5.75 Å². The van der Waals surface area contributed by atoms with Gasteiger partial charge in [0.05, 0.1) is 0 Å². The van der Waals surface area contributed by atoms with Gasteiger partial charge in [-0.3, -0.25) is 0 Å². The lowest BCUT2D eigenvalue weighted by Crippen LogP contribution is -2.26. The molecule has 0 spiro atoms. The fourth-order valence-electron chi connectivity index (χ4n) is 0.674. The third kappa shape index (κ3) is 3.05. The Bertz CT molecular complexity index is 196. The van der Waals surface area contributed by atoms with Crippen molar-refractivity contribution in [1.29, 1.82) is 0 Å². The van der Waals surface area contributed by atoms with Crippen LogP contribution in [0.4, 0.5) is 0 Å². The average molecular weight is 151 g/mol. The molecule has 0 amide bonds. The molecule has 0 unspecified atom stereocenters. The Morgan fingerprint density at radius 2 is 1.82 bits per heavy atom. The molecule has 0 aromatic heterocycles. The summed E-state index contributed by atoms with van der Waals surface area (Å²) in [4.78, 5) is 5.22. The lowest BCUT2D eigenvalue weighted by atomic mass is 10.3. The van der Waals surface area contributed by atoms with Crippen molar-refractivity contribution in [3.05, 3.63) is 30.3 Å². The highest BCUT2D eigenvalue weighted by atomic mass is 16.6. The molecule has 0 radical (unpaired) electrons. The Morgan fingerprint density at radius 1 is 1.18 bits per heavy atom. The number of hydrogen-bond donors (Lipinski definition) is 1. The SMILES string of the molecule is CC(C)NOc1ccccc1. The van der Waals surface area contributed by atoms with Gasteiger partial charge in [0.15, 0.2) is 0 Å². The molecular weight excluding hydrogens is 138 g/mol.